The number of hydrogen-bond donors (Lipinski definition) is 2. The minimum Gasteiger partial charge on any atom is -0.396 e. The number of anilines is 1. The Hall–Kier alpha value is -2.97. The Balaban J connectivity index is 1.39. The van der Waals surface area contributed by atoms with Gasteiger partial charge in [0.1, 0.15) is 11.4 Å². The van der Waals surface area contributed by atoms with Crippen LogP contribution >= 0.6 is 0 Å². The maximum absolute atomic E-state index is 13.4. The van der Waals surface area contributed by atoms with E-state index in [1.165, 1.54) is 0 Å². The highest BCUT2D eigenvalue weighted by atomic mass is 16.5. The van der Waals surface area contributed by atoms with Crippen LogP contribution in [0.2, 0.25) is 0 Å². The van der Waals surface area contributed by atoms with Gasteiger partial charge in [-0.15, -0.1) is 0 Å². The second-order valence-electron chi connectivity index (χ2n) is 8.19. The molecule has 5 rings (SSSR count). The van der Waals surface area contributed by atoms with E-state index in [4.69, 9.17) is 9.84 Å². The van der Waals surface area contributed by atoms with Gasteiger partial charge in [0.2, 0.25) is 11.8 Å². The van der Waals surface area contributed by atoms with Gasteiger partial charge in [0.25, 0.3) is 0 Å². The predicted molar refractivity (Wildman–Crippen MR) is 108 cm³/mol. The molecule has 2 aromatic rings. The molecule has 0 saturated carbocycles. The molecule has 8 heteroatoms. The van der Waals surface area contributed by atoms with Crippen molar-refractivity contribution >= 4 is 17.5 Å². The van der Waals surface area contributed by atoms with Crippen LogP contribution < -0.4 is 4.90 Å². The number of aromatic nitrogens is 2. The fourth-order valence-electron chi connectivity index (χ4n) is 4.91. The average molecular weight is 408 g/mol. The number of fused-ring (bicyclic) bond motifs is 1. The van der Waals surface area contributed by atoms with Crippen LogP contribution in [0.25, 0.3) is 0 Å². The van der Waals surface area contributed by atoms with E-state index in [2.05, 4.69) is 9.97 Å². The molecule has 0 aliphatic carbocycles. The van der Waals surface area contributed by atoms with Gasteiger partial charge in [0.05, 0.1) is 31.0 Å². The quantitative estimate of drug-likeness (QED) is 0.692. The van der Waals surface area contributed by atoms with E-state index in [1.54, 1.807) is 29.2 Å². The lowest BCUT2D eigenvalue weighted by molar-refractivity contribution is -0.139. The number of rotatable bonds is 6. The Labute approximate surface area is 174 Å². The average Bonchev–Trinajstić information content (AvgIpc) is 3.51. The number of imidazole rings is 1. The number of hydrogen-bond acceptors (Lipinski definition) is 5. The van der Waals surface area contributed by atoms with Gasteiger partial charge in [-0.2, -0.15) is 0 Å². The Morgan fingerprint density at radius 1 is 1.40 bits per heavy atom. The molecule has 30 heavy (non-hydrogen) atoms. The Kier molecular flexibility index (Phi) is 4.48. The van der Waals surface area contributed by atoms with Gasteiger partial charge < -0.3 is 24.6 Å². The summed E-state index contributed by atoms with van der Waals surface area (Å²) in [5, 5.41) is 9.10. The predicted octanol–water partition coefficient (Wildman–Crippen LogP) is 0.889. The molecule has 156 valence electrons. The van der Waals surface area contributed by atoms with Crippen LogP contribution in [0.3, 0.4) is 0 Å². The third-order valence-electron chi connectivity index (χ3n) is 6.35. The summed E-state index contributed by atoms with van der Waals surface area (Å²) in [4.78, 5) is 37.2. The molecular formula is C22H24N4O4. The lowest BCUT2D eigenvalue weighted by Gasteiger charge is -2.27. The van der Waals surface area contributed by atoms with Crippen LogP contribution in [0.1, 0.15) is 11.4 Å². The number of nitrogens with one attached hydrogen (secondary N) is 1. The second kappa shape index (κ2) is 7.07. The molecule has 4 atom stereocenters. The van der Waals surface area contributed by atoms with E-state index in [-0.39, 0.29) is 24.5 Å². The first-order chi connectivity index (χ1) is 14.5. The number of carbonyl (C=O) groups excluding carboxylic acids is 2. The van der Waals surface area contributed by atoms with E-state index in [1.807, 2.05) is 36.4 Å². The Morgan fingerprint density at radius 3 is 2.90 bits per heavy atom. The fourth-order valence-corrected chi connectivity index (χ4v) is 4.91. The number of aromatic amines is 1. The van der Waals surface area contributed by atoms with Gasteiger partial charge in [-0.05, 0) is 24.1 Å². The molecule has 2 N–H and O–H groups in total. The Bertz CT molecular complexity index is 987. The van der Waals surface area contributed by atoms with Gasteiger partial charge in [-0.25, -0.2) is 4.98 Å². The molecule has 2 saturated heterocycles. The fraction of sp³-hybridized carbons (Fsp3) is 0.409. The van der Waals surface area contributed by atoms with E-state index in [0.29, 0.717) is 25.3 Å². The largest absolute Gasteiger partial charge is 0.396 e. The zero-order chi connectivity index (χ0) is 20.9. The summed E-state index contributed by atoms with van der Waals surface area (Å²) in [6.07, 6.45) is 7.44. The van der Waals surface area contributed by atoms with Crippen LogP contribution in [-0.2, 0) is 27.3 Å². The van der Waals surface area contributed by atoms with E-state index < -0.39 is 17.4 Å². The van der Waals surface area contributed by atoms with Crippen molar-refractivity contribution in [3.8, 4) is 0 Å². The molecule has 4 heterocycles. The van der Waals surface area contributed by atoms with Gasteiger partial charge in [0, 0.05) is 31.7 Å². The maximum atomic E-state index is 13.4. The van der Waals surface area contributed by atoms with Crippen molar-refractivity contribution in [3.05, 3.63) is 60.2 Å². The first kappa shape index (κ1) is 19.0. The highest BCUT2D eigenvalue weighted by Crippen LogP contribution is 2.53. The summed E-state index contributed by atoms with van der Waals surface area (Å²) in [7, 11) is 1.73. The van der Waals surface area contributed by atoms with Crippen molar-refractivity contribution in [2.45, 2.75) is 24.7 Å². The van der Waals surface area contributed by atoms with Gasteiger partial charge in [-0.3, -0.25) is 9.59 Å². The summed E-state index contributed by atoms with van der Waals surface area (Å²) in [6, 6.07) is 7.60. The topological polar surface area (TPSA) is 98.8 Å². The normalized spacial score (nSPS) is 28.9. The number of H-pyrrole nitrogens is 1. The van der Waals surface area contributed by atoms with Gasteiger partial charge in [0.15, 0.2) is 0 Å². The molecule has 0 radical (unpaired) electrons. The van der Waals surface area contributed by atoms with Crippen molar-refractivity contribution in [2.24, 2.45) is 11.8 Å². The molecule has 2 amide bonds. The first-order valence-electron chi connectivity index (χ1n) is 10.1. The van der Waals surface area contributed by atoms with Crippen molar-refractivity contribution in [1.82, 2.24) is 14.9 Å². The first-order valence-corrected chi connectivity index (χ1v) is 10.1. The van der Waals surface area contributed by atoms with Crippen molar-refractivity contribution < 1.29 is 19.4 Å². The highest BCUT2D eigenvalue weighted by Gasteiger charge is 2.67. The minimum absolute atomic E-state index is 0.0819. The minimum atomic E-state index is -0.753. The standard InChI is InChI=1S/C22H24N4O4/c1-25(12-17-23-9-10-24-17)20(28)18-16-6-8-22(30-16)13-26(21(29)19(18)22)15-4-2-14(3-5-15)7-11-27/h2-6,8-10,16,18-19,27H,7,11-13H2,1H3,(H,23,24)/t16-,18-,19-,22-/m0/s1. The van der Waals surface area contributed by atoms with Crippen molar-refractivity contribution in [1.29, 1.82) is 0 Å². The van der Waals surface area contributed by atoms with Gasteiger partial charge in [-0.1, -0.05) is 24.3 Å². The van der Waals surface area contributed by atoms with E-state index in [9.17, 15) is 9.59 Å². The lowest BCUT2D eigenvalue weighted by atomic mass is 9.76. The number of carbonyl (C=O) groups is 2. The third kappa shape index (κ3) is 2.86. The molecule has 3 aliphatic rings. The number of ether oxygens (including phenoxy) is 1. The molecule has 1 aromatic heterocycles. The lowest BCUT2D eigenvalue weighted by Crippen LogP contribution is -2.44. The maximum Gasteiger partial charge on any atom is 0.234 e. The number of amides is 2. The second-order valence-corrected chi connectivity index (χ2v) is 8.19. The summed E-state index contributed by atoms with van der Waals surface area (Å²) < 4.78 is 6.21. The van der Waals surface area contributed by atoms with Crippen molar-refractivity contribution in [3.63, 3.8) is 0 Å². The third-order valence-corrected chi connectivity index (χ3v) is 6.35. The summed E-state index contributed by atoms with van der Waals surface area (Å²) in [5.41, 5.74) is 1.04. The molecular weight excluding hydrogens is 384 g/mol. The molecule has 2 bridgehead atoms. The molecule has 1 aromatic carbocycles. The number of aliphatic hydroxyl groups is 1. The Morgan fingerprint density at radius 2 is 2.20 bits per heavy atom. The van der Waals surface area contributed by atoms with Crippen LogP contribution in [-0.4, -0.2) is 63.7 Å². The number of nitrogens with zero attached hydrogens (tertiary/aromatic N) is 3. The SMILES string of the molecule is CN(Cc1ncc[nH]1)C(=O)[C@H]1[C@@H]2C=C[C@@]3(CN(c4ccc(CCO)cc4)C(=O)[C@H]13)O2. The van der Waals surface area contributed by atoms with Crippen molar-refractivity contribution in [2.75, 3.05) is 25.1 Å². The molecule has 8 nitrogen and oxygen atoms in total. The smallest absolute Gasteiger partial charge is 0.234 e. The summed E-state index contributed by atoms with van der Waals surface area (Å²) in [6.45, 7) is 0.833. The highest BCUT2D eigenvalue weighted by molar-refractivity contribution is 6.03. The van der Waals surface area contributed by atoms with Gasteiger partial charge >= 0.3 is 0 Å². The molecule has 1 spiro atoms. The van der Waals surface area contributed by atoms with Crippen LogP contribution in [0.15, 0.2) is 48.8 Å². The van der Waals surface area contributed by atoms with E-state index >= 15 is 0 Å². The molecule has 3 aliphatic heterocycles. The molecule has 0 unspecified atom stereocenters. The van der Waals surface area contributed by atoms with Crippen LogP contribution in [0.4, 0.5) is 5.69 Å². The van der Waals surface area contributed by atoms with Crippen LogP contribution in [0, 0.1) is 11.8 Å². The number of aliphatic hydroxyl groups excluding tert-OH is 1. The zero-order valence-electron chi connectivity index (χ0n) is 16.7. The van der Waals surface area contributed by atoms with Crippen LogP contribution in [0.5, 0.6) is 0 Å². The summed E-state index contributed by atoms with van der Waals surface area (Å²) >= 11 is 0. The monoisotopic (exact) mass is 408 g/mol. The zero-order valence-corrected chi connectivity index (χ0v) is 16.7. The summed E-state index contributed by atoms with van der Waals surface area (Å²) in [5.74, 6) is -0.567. The van der Waals surface area contributed by atoms with E-state index in [0.717, 1.165) is 11.3 Å². The molecule has 2 fully saturated rings. The number of benzene rings is 1.